The second-order valence-electron chi connectivity index (χ2n) is 26.4. The molecular weight excluding hydrogens is 1070 g/mol. The van der Waals surface area contributed by atoms with E-state index in [0.29, 0.717) is 0 Å². The molecule has 0 N–H and O–H groups in total. The molecule has 0 aliphatic heterocycles. The highest BCUT2D eigenvalue weighted by atomic mass is 15.1. The van der Waals surface area contributed by atoms with E-state index in [1.54, 1.807) is 0 Å². The Morgan fingerprint density at radius 3 is 0.798 bits per heavy atom. The zero-order valence-corrected chi connectivity index (χ0v) is 52.1. The molecule has 0 unspecified atom stereocenters. The van der Waals surface area contributed by atoms with Crippen molar-refractivity contribution in [1.82, 2.24) is 0 Å². The van der Waals surface area contributed by atoms with E-state index in [4.69, 9.17) is 0 Å². The van der Waals surface area contributed by atoms with Crippen molar-refractivity contribution in [3.63, 3.8) is 0 Å². The third-order valence-electron chi connectivity index (χ3n) is 19.6. The molecule has 0 fully saturated rings. The Hall–Kier alpha value is -10.3. The number of anilines is 6. The molecule has 0 heterocycles. The lowest BCUT2D eigenvalue weighted by Crippen LogP contribution is -2.16. The minimum atomic E-state index is -0.202. The highest BCUT2D eigenvalue weighted by Crippen LogP contribution is 2.54. The molecule has 0 spiro atoms. The molecule has 0 radical (unpaired) electrons. The van der Waals surface area contributed by atoms with E-state index in [2.05, 4.69) is 356 Å². The second-order valence-corrected chi connectivity index (χ2v) is 26.4. The van der Waals surface area contributed by atoms with Crippen molar-refractivity contribution in [1.29, 1.82) is 0 Å². The van der Waals surface area contributed by atoms with Crippen LogP contribution in [0.4, 0.5) is 34.1 Å². The van der Waals surface area contributed by atoms with Crippen molar-refractivity contribution in [3.05, 3.63) is 334 Å². The Bertz CT molecular complexity index is 4500. The summed E-state index contributed by atoms with van der Waals surface area (Å²) in [6.45, 7) is 18.6. The predicted octanol–water partition coefficient (Wildman–Crippen LogP) is 23.8. The highest BCUT2D eigenvalue weighted by Gasteiger charge is 2.39. The third-order valence-corrected chi connectivity index (χ3v) is 19.6. The smallest absolute Gasteiger partial charge is 0.0467 e. The maximum atomic E-state index is 2.43. The van der Waals surface area contributed by atoms with Gasteiger partial charge in [-0.25, -0.2) is 0 Å². The van der Waals surface area contributed by atoms with E-state index in [0.717, 1.165) is 34.1 Å². The SMILES string of the molecule is Cc1ccc(N(c2cccc(-c3ccccc3)c2)c2ccc3c(c2)C(C)(C)c2cc(/C=C/c4ccc5c(c4)C(C)(C)c4cc(/C=C/c6ccc7c(c6)C(C)(C)c6cc(N(c8ccc(C)cc8)c8cccc(-c9ccccc9)c8)ccc6-7)ccc4-5)ccc2-3)cc1. The van der Waals surface area contributed by atoms with E-state index in [9.17, 15) is 0 Å². The summed E-state index contributed by atoms with van der Waals surface area (Å²) < 4.78 is 0. The molecule has 2 nitrogen and oxygen atoms in total. The fraction of sp³-hybridized carbons (Fsp3) is 0.126. The van der Waals surface area contributed by atoms with Gasteiger partial charge in [-0.1, -0.05) is 271 Å². The van der Waals surface area contributed by atoms with Crippen LogP contribution < -0.4 is 9.80 Å². The molecule has 0 saturated carbocycles. The molecule has 12 aromatic rings. The van der Waals surface area contributed by atoms with E-state index in [1.807, 2.05) is 0 Å². The minimum Gasteiger partial charge on any atom is -0.310 e. The van der Waals surface area contributed by atoms with E-state index in [-0.39, 0.29) is 16.2 Å². The van der Waals surface area contributed by atoms with Crippen LogP contribution in [0.15, 0.2) is 267 Å². The summed E-state index contributed by atoms with van der Waals surface area (Å²) in [7, 11) is 0. The average molecular weight is 1150 g/mol. The first-order valence-electron chi connectivity index (χ1n) is 31.4. The number of aryl methyl sites for hydroxylation is 2. The number of nitrogens with zero attached hydrogens (tertiary/aromatic N) is 2. The lowest BCUT2D eigenvalue weighted by atomic mass is 9.81. The Labute approximate surface area is 526 Å². The highest BCUT2D eigenvalue weighted by molar-refractivity contribution is 5.91. The van der Waals surface area contributed by atoms with E-state index in [1.165, 1.54) is 122 Å². The molecular formula is C87H72N2. The van der Waals surface area contributed by atoms with Gasteiger partial charge in [-0.05, 0) is 198 Å². The quantitative estimate of drug-likeness (QED) is 0.113. The van der Waals surface area contributed by atoms with Crippen molar-refractivity contribution < 1.29 is 0 Å². The molecule has 430 valence electrons. The van der Waals surface area contributed by atoms with Gasteiger partial charge in [-0.2, -0.15) is 0 Å². The van der Waals surface area contributed by atoms with Gasteiger partial charge in [0.05, 0.1) is 0 Å². The van der Waals surface area contributed by atoms with Gasteiger partial charge in [0.2, 0.25) is 0 Å². The van der Waals surface area contributed by atoms with Crippen LogP contribution >= 0.6 is 0 Å². The van der Waals surface area contributed by atoms with E-state index < -0.39 is 0 Å². The minimum absolute atomic E-state index is 0.164. The largest absolute Gasteiger partial charge is 0.310 e. The molecule has 0 saturated heterocycles. The Morgan fingerprint density at radius 2 is 0.483 bits per heavy atom. The monoisotopic (exact) mass is 1140 g/mol. The molecule has 0 atom stereocenters. The van der Waals surface area contributed by atoms with Crippen LogP contribution in [0, 0.1) is 13.8 Å². The average Bonchev–Trinajstić information content (AvgIpc) is 1.77. The summed E-state index contributed by atoms with van der Waals surface area (Å²) in [4.78, 5) is 4.81. The van der Waals surface area contributed by atoms with Crippen LogP contribution in [-0.4, -0.2) is 0 Å². The molecule has 3 aliphatic carbocycles. The molecule has 15 rings (SSSR count). The Kier molecular flexibility index (Phi) is 13.4. The second kappa shape index (κ2) is 21.5. The number of fused-ring (bicyclic) bond motifs is 9. The summed E-state index contributed by atoms with van der Waals surface area (Å²) in [5.74, 6) is 0. The maximum absolute atomic E-state index is 2.43. The van der Waals surface area contributed by atoms with Gasteiger partial charge in [0.25, 0.3) is 0 Å². The zero-order chi connectivity index (χ0) is 60.8. The van der Waals surface area contributed by atoms with E-state index >= 15 is 0 Å². The fourth-order valence-corrected chi connectivity index (χ4v) is 14.5. The Morgan fingerprint density at radius 1 is 0.225 bits per heavy atom. The molecule has 12 aromatic carbocycles. The molecule has 0 amide bonds. The van der Waals surface area contributed by atoms with Gasteiger partial charge in [-0.15, -0.1) is 0 Å². The summed E-state index contributed by atoms with van der Waals surface area (Å²) in [5, 5.41) is 0. The summed E-state index contributed by atoms with van der Waals surface area (Å²) in [6.07, 6.45) is 9.19. The lowest BCUT2D eigenvalue weighted by Gasteiger charge is -2.28. The van der Waals surface area contributed by atoms with Crippen LogP contribution in [0.1, 0.15) is 108 Å². The standard InChI is InChI=1S/C87H72N2/c1-57-25-37-67(38-26-57)88(69-23-15-21-65(53-69)63-17-11-9-12-18-63)71-41-47-77-75-45-35-61(51-81(75)86(5,6)83(77)55-71)31-29-59-33-43-73-74-44-34-60(50-80(74)85(3,4)79(73)49-59)30-32-62-36-46-76-78-48-42-72(56-84(78)87(7,8)82(76)52-62)89(68-39-27-58(2)28-40-68)70-24-16-22-66(54-70)64-19-13-10-14-20-64/h9-56H,1-8H3/b31-29+,32-30+. The maximum Gasteiger partial charge on any atom is 0.0467 e. The molecule has 3 aliphatic rings. The molecule has 0 aromatic heterocycles. The van der Waals surface area contributed by atoms with Crippen molar-refractivity contribution in [2.45, 2.75) is 71.6 Å². The van der Waals surface area contributed by atoms with Gasteiger partial charge in [0.15, 0.2) is 0 Å². The summed E-state index contributed by atoms with van der Waals surface area (Å²) in [5.41, 5.74) is 34.5. The number of hydrogen-bond acceptors (Lipinski definition) is 2. The van der Waals surface area contributed by atoms with Gasteiger partial charge in [0, 0.05) is 50.4 Å². The van der Waals surface area contributed by atoms with Gasteiger partial charge in [-0.3, -0.25) is 0 Å². The predicted molar refractivity (Wildman–Crippen MR) is 380 cm³/mol. The fourth-order valence-electron chi connectivity index (χ4n) is 14.5. The van der Waals surface area contributed by atoms with Crippen molar-refractivity contribution in [2.75, 3.05) is 9.80 Å². The summed E-state index contributed by atoms with van der Waals surface area (Å²) in [6, 6.07) is 99.3. The van der Waals surface area contributed by atoms with Gasteiger partial charge in [0.1, 0.15) is 0 Å². The van der Waals surface area contributed by atoms with Gasteiger partial charge >= 0.3 is 0 Å². The molecule has 2 heteroatoms. The zero-order valence-electron chi connectivity index (χ0n) is 52.1. The number of benzene rings is 12. The van der Waals surface area contributed by atoms with Crippen LogP contribution in [-0.2, 0) is 16.2 Å². The van der Waals surface area contributed by atoms with Crippen LogP contribution in [0.25, 0.3) is 79.9 Å². The van der Waals surface area contributed by atoms with Crippen LogP contribution in [0.5, 0.6) is 0 Å². The topological polar surface area (TPSA) is 6.48 Å². The van der Waals surface area contributed by atoms with Crippen molar-refractivity contribution in [3.8, 4) is 55.6 Å². The van der Waals surface area contributed by atoms with Crippen LogP contribution in [0.2, 0.25) is 0 Å². The number of hydrogen-bond donors (Lipinski definition) is 0. The Balaban J connectivity index is 0.662. The van der Waals surface area contributed by atoms with Crippen molar-refractivity contribution >= 4 is 58.4 Å². The van der Waals surface area contributed by atoms with Gasteiger partial charge < -0.3 is 9.80 Å². The van der Waals surface area contributed by atoms with Crippen LogP contribution in [0.3, 0.4) is 0 Å². The first-order chi connectivity index (χ1) is 43.1. The number of rotatable bonds is 12. The molecule has 89 heavy (non-hydrogen) atoms. The first-order valence-corrected chi connectivity index (χ1v) is 31.4. The normalized spacial score (nSPS) is 14.2. The summed E-state index contributed by atoms with van der Waals surface area (Å²) >= 11 is 0. The molecule has 0 bridgehead atoms. The first kappa shape index (κ1) is 55.3. The van der Waals surface area contributed by atoms with Crippen molar-refractivity contribution in [2.24, 2.45) is 0 Å². The third kappa shape index (κ3) is 9.76. The lowest BCUT2D eigenvalue weighted by molar-refractivity contribution is 0.660.